The Morgan fingerprint density at radius 2 is 1.97 bits per heavy atom. The fourth-order valence-corrected chi connectivity index (χ4v) is 5.29. The van der Waals surface area contributed by atoms with Gasteiger partial charge in [-0.2, -0.15) is 13.2 Å². The van der Waals surface area contributed by atoms with Crippen LogP contribution in [0, 0.1) is 6.92 Å². The highest BCUT2D eigenvalue weighted by Crippen LogP contribution is 2.38. The number of aromatic nitrogens is 2. The molecule has 10 heteroatoms. The Kier molecular flexibility index (Phi) is 6.26. The summed E-state index contributed by atoms with van der Waals surface area (Å²) in [4.78, 5) is 34.5. The zero-order valence-corrected chi connectivity index (χ0v) is 19.0. The van der Waals surface area contributed by atoms with Crippen LogP contribution in [-0.4, -0.2) is 33.5 Å². The van der Waals surface area contributed by atoms with E-state index >= 15 is 0 Å². The molecule has 0 bridgehead atoms. The lowest BCUT2D eigenvalue weighted by molar-refractivity contribution is -0.136. The van der Waals surface area contributed by atoms with Crippen molar-refractivity contribution in [1.29, 1.82) is 0 Å². The van der Waals surface area contributed by atoms with Gasteiger partial charge in [0.1, 0.15) is 10.9 Å². The molecule has 4 rings (SSSR count). The average molecular weight is 480 g/mol. The van der Waals surface area contributed by atoms with Gasteiger partial charge in [0.25, 0.3) is 0 Å². The van der Waals surface area contributed by atoms with Crippen LogP contribution in [0.1, 0.15) is 51.6 Å². The molecule has 2 aromatic heterocycles. The maximum atomic E-state index is 13.5. The van der Waals surface area contributed by atoms with Crippen molar-refractivity contribution in [2.24, 2.45) is 0 Å². The van der Waals surface area contributed by atoms with Crippen LogP contribution in [0.4, 0.5) is 13.2 Å². The Morgan fingerprint density at radius 3 is 2.66 bits per heavy atom. The fourth-order valence-electron chi connectivity index (χ4n) is 3.22. The minimum absolute atomic E-state index is 0.0645. The van der Waals surface area contributed by atoms with E-state index in [2.05, 4.69) is 15.3 Å². The number of Topliss-reactive ketones (excluding diaryl/α,β-unsaturated/α-hetero) is 1. The number of hydrogen-bond donors (Lipinski definition) is 1. The number of nitrogens with zero attached hydrogens (tertiary/aromatic N) is 2. The third-order valence-electron chi connectivity index (χ3n) is 5.09. The van der Waals surface area contributed by atoms with E-state index in [9.17, 15) is 22.8 Å². The molecule has 5 nitrogen and oxygen atoms in total. The molecule has 0 unspecified atom stereocenters. The molecular formula is C22H20F3N3O2S2. The van der Waals surface area contributed by atoms with Crippen molar-refractivity contribution in [3.63, 3.8) is 0 Å². The number of carbonyl (C=O) groups is 2. The first-order chi connectivity index (χ1) is 15.1. The van der Waals surface area contributed by atoms with Crippen molar-refractivity contribution in [1.82, 2.24) is 15.3 Å². The Morgan fingerprint density at radius 1 is 1.22 bits per heavy atom. The van der Waals surface area contributed by atoms with E-state index < -0.39 is 11.7 Å². The molecule has 1 aliphatic rings. The van der Waals surface area contributed by atoms with Crippen molar-refractivity contribution in [2.45, 2.75) is 49.9 Å². The van der Waals surface area contributed by atoms with E-state index in [1.165, 1.54) is 23.5 Å². The summed E-state index contributed by atoms with van der Waals surface area (Å²) in [6.45, 7) is 3.40. The second-order valence-corrected chi connectivity index (χ2v) is 9.77. The van der Waals surface area contributed by atoms with E-state index in [0.29, 0.717) is 10.7 Å². The number of hydrogen-bond acceptors (Lipinski definition) is 6. The number of aryl methyl sites for hydroxylation is 1. The standard InChI is InChI=1S/C22H20F3N3O2S2/c1-11(20(30)28-13-6-7-13)17-8-9-18(32-17)16(29)10-31-21-19-14(22(23,24)25)4-3-5-15(19)26-12(2)27-21/h3-5,8-9,11,13H,6-7,10H2,1-2H3,(H,28,30)/t11-/m0/s1. The van der Waals surface area contributed by atoms with E-state index in [4.69, 9.17) is 0 Å². The molecule has 0 saturated heterocycles. The predicted octanol–water partition coefficient (Wildman–Crippen LogP) is 5.38. The Bertz CT molecular complexity index is 1190. The van der Waals surface area contributed by atoms with E-state index in [1.54, 1.807) is 26.0 Å². The molecule has 1 saturated carbocycles. The number of amides is 1. The first-order valence-electron chi connectivity index (χ1n) is 10.0. The van der Waals surface area contributed by atoms with Crippen LogP contribution < -0.4 is 5.32 Å². The van der Waals surface area contributed by atoms with E-state index in [0.717, 1.165) is 35.5 Å². The zero-order chi connectivity index (χ0) is 23.0. The number of benzene rings is 1. The monoisotopic (exact) mass is 479 g/mol. The summed E-state index contributed by atoms with van der Waals surface area (Å²) in [5.74, 6) is -0.390. The maximum Gasteiger partial charge on any atom is 0.417 e. The largest absolute Gasteiger partial charge is 0.417 e. The van der Waals surface area contributed by atoms with Gasteiger partial charge >= 0.3 is 6.18 Å². The van der Waals surface area contributed by atoms with Gasteiger partial charge in [-0.05, 0) is 51.0 Å². The fraction of sp³-hybridized carbons (Fsp3) is 0.364. The summed E-state index contributed by atoms with van der Waals surface area (Å²) in [5, 5.41) is 2.98. The third-order valence-corrected chi connectivity index (χ3v) is 7.38. The van der Waals surface area contributed by atoms with Crippen molar-refractivity contribution in [3.8, 4) is 0 Å². The van der Waals surface area contributed by atoms with Gasteiger partial charge in [0, 0.05) is 16.3 Å². The van der Waals surface area contributed by atoms with E-state index in [1.807, 2.05) is 0 Å². The topological polar surface area (TPSA) is 72.0 Å². The summed E-state index contributed by atoms with van der Waals surface area (Å²) in [5.41, 5.74) is -0.630. The first kappa shape index (κ1) is 22.7. The van der Waals surface area contributed by atoms with Gasteiger partial charge in [-0.15, -0.1) is 11.3 Å². The number of carbonyl (C=O) groups excluding carboxylic acids is 2. The van der Waals surface area contributed by atoms with Crippen LogP contribution in [0.25, 0.3) is 10.9 Å². The van der Waals surface area contributed by atoms with Crippen molar-refractivity contribution in [3.05, 3.63) is 51.5 Å². The normalized spacial score (nSPS) is 15.0. The van der Waals surface area contributed by atoms with Gasteiger partial charge in [0.15, 0.2) is 5.78 Å². The number of rotatable bonds is 7. The van der Waals surface area contributed by atoms with Crippen LogP contribution in [0.5, 0.6) is 0 Å². The number of nitrogens with one attached hydrogen (secondary N) is 1. The van der Waals surface area contributed by atoms with Crippen LogP contribution in [-0.2, 0) is 11.0 Å². The first-order valence-corrected chi connectivity index (χ1v) is 11.8. The summed E-state index contributed by atoms with van der Waals surface area (Å²) >= 11 is 2.20. The maximum absolute atomic E-state index is 13.5. The molecular weight excluding hydrogens is 459 g/mol. The molecule has 3 aromatic rings. The molecule has 32 heavy (non-hydrogen) atoms. The number of thioether (sulfide) groups is 1. The number of fused-ring (bicyclic) bond motifs is 1. The average Bonchev–Trinajstić information content (AvgIpc) is 3.41. The molecule has 0 spiro atoms. The minimum Gasteiger partial charge on any atom is -0.353 e. The van der Waals surface area contributed by atoms with Crippen LogP contribution in [0.3, 0.4) is 0 Å². The molecule has 1 fully saturated rings. The molecule has 1 N–H and O–H groups in total. The lowest BCUT2D eigenvalue weighted by atomic mass is 10.1. The van der Waals surface area contributed by atoms with Gasteiger partial charge in [0.05, 0.1) is 27.6 Å². The number of alkyl halides is 3. The highest BCUT2D eigenvalue weighted by molar-refractivity contribution is 8.00. The third kappa shape index (κ3) is 4.96. The summed E-state index contributed by atoms with van der Waals surface area (Å²) in [6.07, 6.45) is -2.56. The molecule has 1 aliphatic carbocycles. The molecule has 0 radical (unpaired) electrons. The zero-order valence-electron chi connectivity index (χ0n) is 17.3. The van der Waals surface area contributed by atoms with Gasteiger partial charge in [-0.1, -0.05) is 17.8 Å². The van der Waals surface area contributed by atoms with Crippen molar-refractivity contribution >= 4 is 45.7 Å². The van der Waals surface area contributed by atoms with Crippen molar-refractivity contribution in [2.75, 3.05) is 5.75 Å². The summed E-state index contributed by atoms with van der Waals surface area (Å²) in [6, 6.07) is 7.48. The summed E-state index contributed by atoms with van der Waals surface area (Å²) < 4.78 is 40.6. The molecule has 1 aromatic carbocycles. The van der Waals surface area contributed by atoms with Gasteiger partial charge in [-0.25, -0.2) is 9.97 Å². The highest BCUT2D eigenvalue weighted by atomic mass is 32.2. The lowest BCUT2D eigenvalue weighted by Crippen LogP contribution is -2.29. The smallest absolute Gasteiger partial charge is 0.353 e. The molecule has 1 atom stereocenters. The van der Waals surface area contributed by atoms with Gasteiger partial charge in [-0.3, -0.25) is 9.59 Å². The van der Waals surface area contributed by atoms with Crippen LogP contribution in [0.15, 0.2) is 35.4 Å². The number of thiophene rings is 1. The predicted molar refractivity (Wildman–Crippen MR) is 118 cm³/mol. The van der Waals surface area contributed by atoms with Gasteiger partial charge in [0.2, 0.25) is 5.91 Å². The highest BCUT2D eigenvalue weighted by Gasteiger charge is 2.34. The Balaban J connectivity index is 1.52. The minimum atomic E-state index is -4.56. The number of halogens is 3. The quantitative estimate of drug-likeness (QED) is 0.280. The molecule has 2 heterocycles. The lowest BCUT2D eigenvalue weighted by Gasteiger charge is -2.13. The second kappa shape index (κ2) is 8.82. The summed E-state index contributed by atoms with van der Waals surface area (Å²) in [7, 11) is 0. The van der Waals surface area contributed by atoms with Gasteiger partial charge < -0.3 is 5.32 Å². The van der Waals surface area contributed by atoms with Crippen LogP contribution >= 0.6 is 23.1 Å². The SMILES string of the molecule is Cc1nc(SCC(=O)c2ccc([C@H](C)C(=O)NC3CC3)s2)c2c(C(F)(F)F)cccc2n1. The second-order valence-electron chi connectivity index (χ2n) is 7.69. The Labute approximate surface area is 190 Å². The molecule has 168 valence electrons. The van der Waals surface area contributed by atoms with Crippen molar-refractivity contribution < 1.29 is 22.8 Å². The Hall–Kier alpha value is -2.46. The number of ketones is 1. The molecule has 0 aliphatic heterocycles. The van der Waals surface area contributed by atoms with Crippen LogP contribution in [0.2, 0.25) is 0 Å². The van der Waals surface area contributed by atoms with E-state index in [-0.39, 0.29) is 45.3 Å². The molecule has 1 amide bonds.